The van der Waals surface area contributed by atoms with E-state index < -0.39 is 18.4 Å². The predicted octanol–water partition coefficient (Wildman–Crippen LogP) is 1.20. The molecule has 6 nitrogen and oxygen atoms in total. The van der Waals surface area contributed by atoms with Crippen LogP contribution in [-0.4, -0.2) is 67.7 Å². The van der Waals surface area contributed by atoms with Crippen LogP contribution in [0.4, 0.5) is 13.6 Å². The maximum absolute atomic E-state index is 13.0. The Hall–Kier alpha value is -0.120. The molecule has 11 heteroatoms. The fraction of sp³-hybridized carbons (Fsp3) is 0.909. The highest BCUT2D eigenvalue weighted by Gasteiger charge is 2.16. The summed E-state index contributed by atoms with van der Waals surface area (Å²) >= 11 is 0. The van der Waals surface area contributed by atoms with Gasteiger partial charge in [0, 0.05) is 26.2 Å². The van der Waals surface area contributed by atoms with Crippen molar-refractivity contribution in [1.82, 2.24) is 10.2 Å². The van der Waals surface area contributed by atoms with Crippen LogP contribution >= 0.6 is 37.2 Å². The summed E-state index contributed by atoms with van der Waals surface area (Å²) in [6.45, 7) is 0.591. The van der Waals surface area contributed by atoms with E-state index in [9.17, 15) is 13.6 Å². The topological polar surface area (TPSA) is 105 Å². The third-order valence-corrected chi connectivity index (χ3v) is 2.60. The number of hydrogen-bond donors (Lipinski definition) is 4. The van der Waals surface area contributed by atoms with E-state index in [1.807, 2.05) is 0 Å². The number of unbranched alkanes of at least 4 members (excludes halogenated alkanes) is 1. The fourth-order valence-electron chi connectivity index (χ4n) is 1.47. The smallest absolute Gasteiger partial charge is 0.407 e. The maximum Gasteiger partial charge on any atom is 0.407 e. The number of alkyl halides is 2. The zero-order chi connectivity index (χ0) is 14.7. The van der Waals surface area contributed by atoms with Gasteiger partial charge in [-0.25, -0.2) is 13.6 Å². The molecule has 0 saturated carbocycles. The van der Waals surface area contributed by atoms with Crippen LogP contribution in [0.2, 0.25) is 0 Å². The Labute approximate surface area is 148 Å². The van der Waals surface area contributed by atoms with Crippen molar-refractivity contribution in [1.29, 1.82) is 0 Å². The Morgan fingerprint density at radius 3 is 2.09 bits per heavy atom. The first-order valence-corrected chi connectivity index (χ1v) is 6.38. The normalized spacial score (nSPS) is 12.2. The molecule has 0 fully saturated rings. The van der Waals surface area contributed by atoms with Gasteiger partial charge in [0.1, 0.15) is 12.3 Å². The van der Waals surface area contributed by atoms with Gasteiger partial charge in [0.2, 0.25) is 0 Å². The summed E-state index contributed by atoms with van der Waals surface area (Å²) in [6.07, 6.45) is -2.30. The first-order valence-electron chi connectivity index (χ1n) is 6.38. The van der Waals surface area contributed by atoms with Crippen molar-refractivity contribution in [3.63, 3.8) is 0 Å². The maximum atomic E-state index is 13.0. The molecule has 0 bridgehead atoms. The Kier molecular flexibility index (Phi) is 25.7. The Morgan fingerprint density at radius 1 is 1.09 bits per heavy atom. The third-order valence-electron chi connectivity index (χ3n) is 2.60. The minimum atomic E-state index is -1.34. The molecule has 2 unspecified atom stereocenters. The predicted molar refractivity (Wildman–Crippen MR) is 91.3 cm³/mol. The lowest BCUT2D eigenvalue weighted by atomic mass is 10.2. The number of halogens is 5. The van der Waals surface area contributed by atoms with Crippen molar-refractivity contribution in [2.45, 2.75) is 25.2 Å². The molecule has 138 valence electrons. The van der Waals surface area contributed by atoms with Gasteiger partial charge in [-0.15, -0.1) is 37.2 Å². The highest BCUT2D eigenvalue weighted by Crippen LogP contribution is 2.00. The van der Waals surface area contributed by atoms with Gasteiger partial charge in [-0.3, -0.25) is 0 Å². The lowest BCUT2D eigenvalue weighted by Gasteiger charge is -2.20. The summed E-state index contributed by atoms with van der Waals surface area (Å²) in [5.74, 6) is 0. The van der Waals surface area contributed by atoms with Crippen LogP contribution in [0.25, 0.3) is 0 Å². The molecule has 2 atom stereocenters. The van der Waals surface area contributed by atoms with Crippen LogP contribution in [-0.2, 0) is 0 Å². The number of carboxylic acid groups (broad SMARTS) is 1. The molecule has 0 aliphatic carbocycles. The average molecular weight is 392 g/mol. The third kappa shape index (κ3) is 16.3. The molecule has 0 aliphatic heterocycles. The molecule has 1 amide bonds. The number of hydrogen-bond acceptors (Lipinski definition) is 4. The zero-order valence-corrected chi connectivity index (χ0v) is 14.7. The van der Waals surface area contributed by atoms with Crippen LogP contribution in [0, 0.1) is 0 Å². The zero-order valence-electron chi connectivity index (χ0n) is 12.2. The lowest BCUT2D eigenvalue weighted by molar-refractivity contribution is 0.129. The van der Waals surface area contributed by atoms with Crippen LogP contribution < -0.4 is 16.8 Å². The Morgan fingerprint density at radius 2 is 1.64 bits per heavy atom. The van der Waals surface area contributed by atoms with Crippen LogP contribution in [0.5, 0.6) is 0 Å². The molecule has 0 aliphatic rings. The molecular formula is C11H27Cl3F2N4O2. The van der Waals surface area contributed by atoms with Crippen molar-refractivity contribution >= 4 is 43.3 Å². The second-order valence-electron chi connectivity index (χ2n) is 4.31. The molecule has 0 saturated heterocycles. The van der Waals surface area contributed by atoms with E-state index in [2.05, 4.69) is 5.32 Å². The summed E-state index contributed by atoms with van der Waals surface area (Å²) < 4.78 is 25.7. The lowest BCUT2D eigenvalue weighted by Crippen LogP contribution is -2.38. The van der Waals surface area contributed by atoms with Gasteiger partial charge in [0.05, 0.1) is 6.54 Å². The number of nitrogens with two attached hydrogens (primary N) is 2. The summed E-state index contributed by atoms with van der Waals surface area (Å²) in [5, 5.41) is 11.7. The number of rotatable bonds is 11. The van der Waals surface area contributed by atoms with Gasteiger partial charge in [-0.1, -0.05) is 0 Å². The standard InChI is InChI=1S/C11H24F2N4O2.3ClH/c12-9(5-14)7-16-3-1-2-4-17(11(18)19)8-10(13)6-15;;;/h9-10,16H,1-8,14-15H2,(H,18,19);3*1H. The molecule has 0 spiro atoms. The minimum Gasteiger partial charge on any atom is -0.465 e. The molecule has 0 aromatic heterocycles. The number of nitrogens with zero attached hydrogens (tertiary/aromatic N) is 1. The van der Waals surface area contributed by atoms with Crippen molar-refractivity contribution < 1.29 is 18.7 Å². The van der Waals surface area contributed by atoms with Crippen molar-refractivity contribution in [2.24, 2.45) is 11.5 Å². The van der Waals surface area contributed by atoms with Crippen molar-refractivity contribution in [2.75, 3.05) is 39.3 Å². The van der Waals surface area contributed by atoms with Gasteiger partial charge in [-0.2, -0.15) is 0 Å². The first-order chi connectivity index (χ1) is 9.01. The van der Waals surface area contributed by atoms with Gasteiger partial charge in [0.15, 0.2) is 0 Å². The van der Waals surface area contributed by atoms with Crippen LogP contribution in [0.1, 0.15) is 12.8 Å². The highest BCUT2D eigenvalue weighted by molar-refractivity contribution is 5.86. The quantitative estimate of drug-likeness (QED) is 0.396. The molecule has 0 aromatic rings. The SMILES string of the molecule is Cl.Cl.Cl.NCC(F)CNCCCCN(CC(F)CN)C(=O)O. The summed E-state index contributed by atoms with van der Waals surface area (Å²) in [6, 6.07) is 0. The van der Waals surface area contributed by atoms with E-state index in [0.29, 0.717) is 19.4 Å². The minimum absolute atomic E-state index is 0. The number of carbonyl (C=O) groups is 1. The van der Waals surface area contributed by atoms with E-state index >= 15 is 0 Å². The van der Waals surface area contributed by atoms with E-state index in [-0.39, 0.29) is 69.9 Å². The summed E-state index contributed by atoms with van der Waals surface area (Å²) in [5.41, 5.74) is 10.2. The highest BCUT2D eigenvalue weighted by atomic mass is 35.5. The van der Waals surface area contributed by atoms with Crippen molar-refractivity contribution in [3.05, 3.63) is 0 Å². The molecule has 0 aromatic carbocycles. The second kappa shape index (κ2) is 18.9. The molecular weight excluding hydrogens is 365 g/mol. The van der Waals surface area contributed by atoms with E-state index in [4.69, 9.17) is 16.6 Å². The monoisotopic (exact) mass is 390 g/mol. The van der Waals surface area contributed by atoms with Crippen LogP contribution in [0.3, 0.4) is 0 Å². The Bertz CT molecular complexity index is 259. The summed E-state index contributed by atoms with van der Waals surface area (Å²) in [4.78, 5) is 11.8. The molecule has 0 rings (SSSR count). The first kappa shape index (κ1) is 29.8. The summed E-state index contributed by atoms with van der Waals surface area (Å²) in [7, 11) is 0. The van der Waals surface area contributed by atoms with Gasteiger partial charge in [-0.05, 0) is 19.4 Å². The van der Waals surface area contributed by atoms with Crippen molar-refractivity contribution in [3.8, 4) is 0 Å². The molecule has 22 heavy (non-hydrogen) atoms. The van der Waals surface area contributed by atoms with Crippen LogP contribution in [0.15, 0.2) is 0 Å². The number of amides is 1. The van der Waals surface area contributed by atoms with E-state index in [0.717, 1.165) is 4.90 Å². The second-order valence-corrected chi connectivity index (χ2v) is 4.31. The van der Waals surface area contributed by atoms with Gasteiger partial charge < -0.3 is 26.8 Å². The average Bonchev–Trinajstić information content (AvgIpc) is 2.40. The fourth-order valence-corrected chi connectivity index (χ4v) is 1.47. The number of nitrogens with one attached hydrogen (secondary N) is 1. The van der Waals surface area contributed by atoms with E-state index in [1.165, 1.54) is 0 Å². The van der Waals surface area contributed by atoms with Gasteiger partial charge in [0.25, 0.3) is 0 Å². The van der Waals surface area contributed by atoms with Gasteiger partial charge >= 0.3 is 6.09 Å². The molecule has 0 heterocycles. The molecule has 6 N–H and O–H groups in total. The largest absolute Gasteiger partial charge is 0.465 e. The molecule has 0 radical (unpaired) electrons. The Balaban J connectivity index is -0.000000540. The van der Waals surface area contributed by atoms with E-state index in [1.54, 1.807) is 0 Å².